The normalized spacial score (nSPS) is 49.9. The van der Waals surface area contributed by atoms with E-state index in [4.69, 9.17) is 28.4 Å². The van der Waals surface area contributed by atoms with Crippen molar-refractivity contribution < 1.29 is 63.9 Å². The first-order chi connectivity index (χ1) is 27.0. The lowest BCUT2D eigenvalue weighted by Gasteiger charge is -2.50. The Bertz CT molecular complexity index is 1400. The van der Waals surface area contributed by atoms with Crippen LogP contribution < -0.4 is 0 Å². The zero-order chi connectivity index (χ0) is 42.6. The molecule has 20 atom stereocenters. The summed E-state index contributed by atoms with van der Waals surface area (Å²) >= 11 is 0. The summed E-state index contributed by atoms with van der Waals surface area (Å²) in [6.45, 7) is 17.3. The van der Waals surface area contributed by atoms with Gasteiger partial charge in [-0.15, -0.1) is 0 Å². The predicted molar refractivity (Wildman–Crippen MR) is 214 cm³/mol. The number of aliphatic hydroxyl groups is 5. The van der Waals surface area contributed by atoms with E-state index in [0.717, 1.165) is 12.8 Å². The molecule has 336 valence electrons. The average molecular weight is 827 g/mol. The molecule has 6 fully saturated rings. The van der Waals surface area contributed by atoms with Crippen LogP contribution in [0, 0.1) is 35.5 Å². The Balaban J connectivity index is 1.05. The van der Waals surface area contributed by atoms with E-state index in [9.17, 15) is 35.4 Å². The molecule has 0 aromatic heterocycles. The van der Waals surface area contributed by atoms with Crippen LogP contribution >= 0.6 is 0 Å². The van der Waals surface area contributed by atoms with Crippen molar-refractivity contribution in [2.75, 3.05) is 0 Å². The lowest BCUT2D eigenvalue weighted by molar-refractivity contribution is -0.347. The van der Waals surface area contributed by atoms with Gasteiger partial charge in [-0.05, 0) is 110 Å². The van der Waals surface area contributed by atoms with E-state index in [1.54, 1.807) is 6.92 Å². The molecule has 0 saturated carbocycles. The van der Waals surface area contributed by atoms with Crippen LogP contribution in [-0.2, 0) is 33.2 Å². The second-order valence-electron chi connectivity index (χ2n) is 20.4. The summed E-state index contributed by atoms with van der Waals surface area (Å²) in [5.41, 5.74) is -1.88. The van der Waals surface area contributed by atoms with Crippen molar-refractivity contribution in [1.29, 1.82) is 0 Å². The molecule has 6 rings (SSSR count). The average Bonchev–Trinajstić information content (AvgIpc) is 3.79. The standard InChI is InChI=1S/C45H78O13/c1-10-38-41(8,49)19-16-35(54-38)36-18-22-45(52,58-36)42(9)20-17-34(55-42)30(7)43(50)21-15-25(2)37(57-43)24-44(51)27(4)12-14-33(56-44)28(5)32(46)23-31-13-11-26(3)39(53-31)29(6)40(47)48/h25-39,46,49-52H,10-24H2,1-9H3,(H,47,48). The van der Waals surface area contributed by atoms with Crippen LogP contribution in [0.25, 0.3) is 0 Å². The van der Waals surface area contributed by atoms with Crippen LogP contribution in [0.1, 0.15) is 159 Å². The summed E-state index contributed by atoms with van der Waals surface area (Å²) in [6.07, 6.45) is 5.15. The number of carboxylic acids is 1. The van der Waals surface area contributed by atoms with Gasteiger partial charge < -0.3 is 59.1 Å². The molecule has 0 radical (unpaired) electrons. The van der Waals surface area contributed by atoms with Gasteiger partial charge in [-0.2, -0.15) is 0 Å². The summed E-state index contributed by atoms with van der Waals surface area (Å²) < 4.78 is 38.8. The third kappa shape index (κ3) is 9.36. The highest BCUT2D eigenvalue weighted by molar-refractivity contribution is 5.70. The van der Waals surface area contributed by atoms with E-state index in [0.29, 0.717) is 77.0 Å². The van der Waals surface area contributed by atoms with Gasteiger partial charge in [0.2, 0.25) is 0 Å². The molecule has 0 amide bonds. The maximum absolute atomic E-state index is 12.2. The minimum absolute atomic E-state index is 0.0416. The van der Waals surface area contributed by atoms with Crippen LogP contribution in [0.4, 0.5) is 0 Å². The fraction of sp³-hybridized carbons (Fsp3) is 0.978. The van der Waals surface area contributed by atoms with Gasteiger partial charge >= 0.3 is 5.97 Å². The van der Waals surface area contributed by atoms with Gasteiger partial charge in [0, 0.05) is 37.0 Å². The van der Waals surface area contributed by atoms with E-state index in [1.165, 1.54) is 0 Å². The molecule has 58 heavy (non-hydrogen) atoms. The third-order valence-electron chi connectivity index (χ3n) is 16.2. The molecule has 13 heteroatoms. The molecular weight excluding hydrogens is 748 g/mol. The van der Waals surface area contributed by atoms with Crippen LogP contribution in [0.5, 0.6) is 0 Å². The Kier molecular flexibility index (Phi) is 14.2. The first kappa shape index (κ1) is 46.5. The molecule has 6 N–H and O–H groups in total. The summed E-state index contributed by atoms with van der Waals surface area (Å²) in [4.78, 5) is 11.7. The highest BCUT2D eigenvalue weighted by Gasteiger charge is 2.61. The molecule has 0 aromatic rings. The molecule has 0 aromatic carbocycles. The van der Waals surface area contributed by atoms with E-state index in [-0.39, 0.29) is 54.5 Å². The van der Waals surface area contributed by atoms with Gasteiger partial charge in [0.15, 0.2) is 17.4 Å². The fourth-order valence-electron chi connectivity index (χ4n) is 11.3. The van der Waals surface area contributed by atoms with Crippen molar-refractivity contribution in [1.82, 2.24) is 0 Å². The van der Waals surface area contributed by atoms with E-state index < -0.39 is 76.9 Å². The molecule has 6 aliphatic heterocycles. The van der Waals surface area contributed by atoms with Crippen LogP contribution in [0.2, 0.25) is 0 Å². The van der Waals surface area contributed by atoms with Crippen LogP contribution in [-0.4, -0.2) is 120 Å². The summed E-state index contributed by atoms with van der Waals surface area (Å²) in [7, 11) is 0. The molecular formula is C45H78O13. The number of aliphatic carboxylic acids is 1. The Morgan fingerprint density at radius 2 is 1.45 bits per heavy atom. The van der Waals surface area contributed by atoms with Crippen molar-refractivity contribution in [3.63, 3.8) is 0 Å². The molecule has 6 heterocycles. The predicted octanol–water partition coefficient (Wildman–Crippen LogP) is 5.83. The van der Waals surface area contributed by atoms with Gasteiger partial charge in [0.05, 0.1) is 66.5 Å². The second kappa shape index (κ2) is 17.7. The number of carbonyl (C=O) groups is 1. The van der Waals surface area contributed by atoms with E-state index in [2.05, 4.69) is 6.92 Å². The smallest absolute Gasteiger partial charge is 0.308 e. The number of hydrogen-bond acceptors (Lipinski definition) is 12. The number of ether oxygens (including phenoxy) is 6. The molecule has 0 aliphatic carbocycles. The van der Waals surface area contributed by atoms with Gasteiger partial charge in [-0.25, -0.2) is 0 Å². The SMILES string of the molecule is CCC1OC(C2CCC(O)(C3(C)CCC(C(C)C4(O)CCC(C)C(CC5(O)OC(C(C)C(O)CC6CCC(C)C(C(C)C(=O)O)O6)CCC5C)O4)O3)O2)CCC1(C)O. The first-order valence-corrected chi connectivity index (χ1v) is 22.9. The van der Waals surface area contributed by atoms with E-state index in [1.807, 2.05) is 48.5 Å². The minimum Gasteiger partial charge on any atom is -0.481 e. The van der Waals surface area contributed by atoms with Gasteiger partial charge in [-0.1, -0.05) is 41.5 Å². The molecule has 0 bridgehead atoms. The Hall–Kier alpha value is -0.970. The minimum atomic E-state index is -1.53. The molecule has 0 spiro atoms. The van der Waals surface area contributed by atoms with Crippen molar-refractivity contribution in [2.45, 2.75) is 242 Å². The van der Waals surface area contributed by atoms with Crippen LogP contribution in [0.3, 0.4) is 0 Å². The van der Waals surface area contributed by atoms with Crippen molar-refractivity contribution in [2.24, 2.45) is 35.5 Å². The highest BCUT2D eigenvalue weighted by Crippen LogP contribution is 2.52. The zero-order valence-corrected chi connectivity index (χ0v) is 36.8. The van der Waals surface area contributed by atoms with Gasteiger partial charge in [0.1, 0.15) is 5.60 Å². The fourth-order valence-corrected chi connectivity index (χ4v) is 11.3. The molecule has 6 aliphatic rings. The summed E-state index contributed by atoms with van der Waals surface area (Å²) in [5, 5.41) is 68.2. The van der Waals surface area contributed by atoms with Crippen molar-refractivity contribution in [3.05, 3.63) is 0 Å². The molecule has 13 nitrogen and oxygen atoms in total. The maximum Gasteiger partial charge on any atom is 0.308 e. The largest absolute Gasteiger partial charge is 0.481 e. The topological polar surface area (TPSA) is 194 Å². The number of aliphatic hydroxyl groups excluding tert-OH is 1. The number of carboxylic acid groups (broad SMARTS) is 1. The maximum atomic E-state index is 12.2. The number of rotatable bonds is 13. The van der Waals surface area contributed by atoms with Gasteiger partial charge in [0.25, 0.3) is 0 Å². The quantitative estimate of drug-likeness (QED) is 0.130. The van der Waals surface area contributed by atoms with Crippen molar-refractivity contribution in [3.8, 4) is 0 Å². The Labute approximate surface area is 346 Å². The molecule has 6 saturated heterocycles. The van der Waals surface area contributed by atoms with Gasteiger partial charge in [-0.3, -0.25) is 4.79 Å². The Morgan fingerprint density at radius 3 is 2.14 bits per heavy atom. The lowest BCUT2D eigenvalue weighted by atomic mass is 9.78. The Morgan fingerprint density at radius 1 is 0.741 bits per heavy atom. The second-order valence-corrected chi connectivity index (χ2v) is 20.4. The van der Waals surface area contributed by atoms with Crippen LogP contribution in [0.15, 0.2) is 0 Å². The molecule has 20 unspecified atom stereocenters. The first-order valence-electron chi connectivity index (χ1n) is 22.9. The summed E-state index contributed by atoms with van der Waals surface area (Å²) in [5.74, 6) is -6.88. The van der Waals surface area contributed by atoms with Crippen molar-refractivity contribution >= 4 is 5.97 Å². The monoisotopic (exact) mass is 827 g/mol. The van der Waals surface area contributed by atoms with E-state index >= 15 is 0 Å². The third-order valence-corrected chi connectivity index (χ3v) is 16.2. The highest BCUT2D eigenvalue weighted by atomic mass is 16.7. The number of hydrogen-bond donors (Lipinski definition) is 6. The summed E-state index contributed by atoms with van der Waals surface area (Å²) in [6, 6.07) is 0. The lowest BCUT2D eigenvalue weighted by Crippen LogP contribution is -2.57. The zero-order valence-electron chi connectivity index (χ0n) is 36.8.